The third-order valence-electron chi connectivity index (χ3n) is 5.55. The number of hydrogen-bond donors (Lipinski definition) is 1. The van der Waals surface area contributed by atoms with Crippen molar-refractivity contribution in [3.63, 3.8) is 0 Å². The van der Waals surface area contributed by atoms with Crippen LogP contribution in [0, 0.1) is 0 Å². The molecule has 0 bridgehead atoms. The van der Waals surface area contributed by atoms with Crippen molar-refractivity contribution in [3.05, 3.63) is 66.5 Å². The van der Waals surface area contributed by atoms with Gasteiger partial charge in [-0.3, -0.25) is 4.98 Å². The maximum atomic E-state index is 5.43. The summed E-state index contributed by atoms with van der Waals surface area (Å²) in [6, 6.07) is 16.0. The second kappa shape index (κ2) is 8.40. The number of fused-ring (bicyclic) bond motifs is 2. The minimum Gasteiger partial charge on any atom is -0.378 e. The molecule has 0 unspecified atom stereocenters. The summed E-state index contributed by atoms with van der Waals surface area (Å²) in [5.41, 5.74) is 3.15. The van der Waals surface area contributed by atoms with Crippen LogP contribution < -0.4 is 10.2 Å². The summed E-state index contributed by atoms with van der Waals surface area (Å²) in [6.45, 7) is 3.62. The van der Waals surface area contributed by atoms with Crippen molar-refractivity contribution in [3.8, 4) is 0 Å². The number of hydrogen-bond acceptors (Lipinski definition) is 9. The van der Waals surface area contributed by atoms with E-state index in [1.54, 1.807) is 17.1 Å². The molecule has 0 spiro atoms. The zero-order valence-electron chi connectivity index (χ0n) is 17.8. The number of nitrogens with zero attached hydrogens (tertiary/aromatic N) is 8. The minimum atomic E-state index is 0.498. The Hall–Kier alpha value is -4.18. The molecule has 1 fully saturated rings. The first-order valence-corrected chi connectivity index (χ1v) is 10.8. The molecular weight excluding hydrogens is 418 g/mol. The Bertz CT molecular complexity index is 1430. The van der Waals surface area contributed by atoms with Crippen LogP contribution in [0.1, 0.15) is 5.56 Å². The average Bonchev–Trinajstić information content (AvgIpc) is 3.26. The molecule has 10 nitrogen and oxygen atoms in total. The normalized spacial score (nSPS) is 14.1. The van der Waals surface area contributed by atoms with E-state index in [1.165, 1.54) is 0 Å². The standard InChI is InChI=1S/C23H21N9O/c1-4-19(27-21(5-1)31-9-11-33-12-10-31)26-20-14-25-22-23(28-20)32(30-29-22)15-16-6-7-18-17(13-16)3-2-8-24-18/h1-8,13-14H,9-12,15H2,(H,26,27,28). The van der Waals surface area contributed by atoms with E-state index in [2.05, 4.69) is 36.6 Å². The molecule has 5 aromatic rings. The minimum absolute atomic E-state index is 0.498. The highest BCUT2D eigenvalue weighted by molar-refractivity contribution is 5.79. The van der Waals surface area contributed by atoms with Crippen molar-refractivity contribution in [2.45, 2.75) is 6.54 Å². The van der Waals surface area contributed by atoms with Crippen LogP contribution >= 0.6 is 0 Å². The first kappa shape index (κ1) is 19.5. The molecule has 1 saturated heterocycles. The summed E-state index contributed by atoms with van der Waals surface area (Å²) in [5.74, 6) is 2.20. The lowest BCUT2D eigenvalue weighted by atomic mass is 10.1. The molecule has 0 atom stereocenters. The molecule has 0 radical (unpaired) electrons. The van der Waals surface area contributed by atoms with Crippen LogP contribution in [0.4, 0.5) is 17.5 Å². The van der Waals surface area contributed by atoms with Crippen molar-refractivity contribution in [1.82, 2.24) is 34.9 Å². The van der Waals surface area contributed by atoms with Crippen molar-refractivity contribution < 1.29 is 4.74 Å². The second-order valence-electron chi connectivity index (χ2n) is 7.79. The van der Waals surface area contributed by atoms with E-state index in [4.69, 9.17) is 14.7 Å². The lowest BCUT2D eigenvalue weighted by Crippen LogP contribution is -2.36. The Morgan fingerprint density at radius 2 is 1.88 bits per heavy atom. The molecule has 1 N–H and O–H groups in total. The first-order chi connectivity index (χ1) is 16.3. The van der Waals surface area contributed by atoms with Crippen LogP contribution in [0.3, 0.4) is 0 Å². The summed E-state index contributed by atoms with van der Waals surface area (Å²) in [4.78, 5) is 20.4. The van der Waals surface area contributed by atoms with Gasteiger partial charge in [0.15, 0.2) is 11.5 Å². The average molecular weight is 439 g/mol. The molecule has 0 saturated carbocycles. The fraction of sp³-hybridized carbons (Fsp3) is 0.217. The van der Waals surface area contributed by atoms with Crippen molar-refractivity contribution >= 4 is 39.7 Å². The zero-order chi connectivity index (χ0) is 22.0. The number of anilines is 3. The van der Waals surface area contributed by atoms with Crippen molar-refractivity contribution in [2.75, 3.05) is 36.5 Å². The highest BCUT2D eigenvalue weighted by Gasteiger charge is 2.14. The molecule has 1 aliphatic heterocycles. The van der Waals surface area contributed by atoms with E-state index in [9.17, 15) is 0 Å². The monoisotopic (exact) mass is 439 g/mol. The molecule has 164 valence electrons. The predicted molar refractivity (Wildman–Crippen MR) is 125 cm³/mol. The third-order valence-corrected chi connectivity index (χ3v) is 5.55. The quantitative estimate of drug-likeness (QED) is 0.442. The molecule has 0 amide bonds. The maximum absolute atomic E-state index is 5.43. The van der Waals surface area contributed by atoms with Crippen molar-refractivity contribution in [2.24, 2.45) is 0 Å². The lowest BCUT2D eigenvalue weighted by molar-refractivity contribution is 0.122. The highest BCUT2D eigenvalue weighted by atomic mass is 16.5. The molecule has 1 aliphatic rings. The number of morpholine rings is 1. The summed E-state index contributed by atoms with van der Waals surface area (Å²) < 4.78 is 7.19. The summed E-state index contributed by atoms with van der Waals surface area (Å²) >= 11 is 0. The van der Waals surface area contributed by atoms with Gasteiger partial charge in [-0.1, -0.05) is 23.4 Å². The van der Waals surface area contributed by atoms with Gasteiger partial charge in [-0.25, -0.2) is 19.6 Å². The fourth-order valence-electron chi connectivity index (χ4n) is 3.91. The summed E-state index contributed by atoms with van der Waals surface area (Å²) in [7, 11) is 0. The van der Waals surface area contributed by atoms with Crippen LogP contribution in [0.25, 0.3) is 22.2 Å². The number of rotatable bonds is 5. The van der Waals surface area contributed by atoms with Crippen LogP contribution in [0.15, 0.2) is 60.9 Å². The summed E-state index contributed by atoms with van der Waals surface area (Å²) in [6.07, 6.45) is 3.44. The number of aromatic nitrogens is 7. The topological polar surface area (TPSA) is 107 Å². The van der Waals surface area contributed by atoms with Gasteiger partial charge < -0.3 is 15.0 Å². The van der Waals surface area contributed by atoms with E-state index in [0.29, 0.717) is 42.7 Å². The van der Waals surface area contributed by atoms with E-state index in [0.717, 1.165) is 35.4 Å². The maximum Gasteiger partial charge on any atom is 0.221 e. The zero-order valence-corrected chi connectivity index (χ0v) is 17.8. The van der Waals surface area contributed by atoms with E-state index in [1.807, 2.05) is 42.5 Å². The summed E-state index contributed by atoms with van der Waals surface area (Å²) in [5, 5.41) is 12.8. The van der Waals surface area contributed by atoms with E-state index < -0.39 is 0 Å². The fourth-order valence-corrected chi connectivity index (χ4v) is 3.91. The third kappa shape index (κ3) is 4.03. The van der Waals surface area contributed by atoms with Gasteiger partial charge >= 0.3 is 0 Å². The molecule has 1 aromatic carbocycles. The van der Waals surface area contributed by atoms with Gasteiger partial charge in [0.1, 0.15) is 11.6 Å². The molecule has 6 rings (SSSR count). The molecule has 0 aliphatic carbocycles. The van der Waals surface area contributed by atoms with Gasteiger partial charge in [0.05, 0.1) is 31.5 Å². The van der Waals surface area contributed by atoms with Crippen molar-refractivity contribution in [1.29, 1.82) is 0 Å². The second-order valence-corrected chi connectivity index (χ2v) is 7.79. The van der Waals surface area contributed by atoms with Gasteiger partial charge in [-0.2, -0.15) is 0 Å². The Labute approximate surface area is 189 Å². The van der Waals surface area contributed by atoms with Crippen LogP contribution in [-0.2, 0) is 11.3 Å². The Balaban J connectivity index is 1.26. The molecule has 10 heteroatoms. The SMILES string of the molecule is c1cc(Nc2cnc3nnn(Cc4ccc5ncccc5c4)c3n2)nc(N2CCOCC2)c1. The van der Waals surface area contributed by atoms with Gasteiger partial charge in [-0.15, -0.1) is 5.10 Å². The van der Waals surface area contributed by atoms with E-state index in [-0.39, 0.29) is 0 Å². The van der Waals surface area contributed by atoms with Gasteiger partial charge in [0.25, 0.3) is 0 Å². The van der Waals surface area contributed by atoms with Crippen LogP contribution in [0.5, 0.6) is 0 Å². The molecular formula is C23H21N9O. The van der Waals surface area contributed by atoms with Crippen LogP contribution in [-0.4, -0.2) is 61.2 Å². The largest absolute Gasteiger partial charge is 0.378 e. The van der Waals surface area contributed by atoms with Gasteiger partial charge in [0, 0.05) is 24.7 Å². The Morgan fingerprint density at radius 1 is 0.939 bits per heavy atom. The predicted octanol–water partition coefficient (Wildman–Crippen LogP) is 2.79. The molecule has 33 heavy (non-hydrogen) atoms. The Kier molecular flexibility index (Phi) is 4.96. The smallest absolute Gasteiger partial charge is 0.221 e. The Morgan fingerprint density at radius 3 is 2.82 bits per heavy atom. The number of pyridine rings is 2. The number of ether oxygens (including phenoxy) is 1. The molecule has 5 heterocycles. The lowest BCUT2D eigenvalue weighted by Gasteiger charge is -2.28. The highest BCUT2D eigenvalue weighted by Crippen LogP contribution is 2.20. The van der Waals surface area contributed by atoms with Crippen LogP contribution in [0.2, 0.25) is 0 Å². The van der Waals surface area contributed by atoms with Gasteiger partial charge in [0.2, 0.25) is 5.65 Å². The number of benzene rings is 1. The molecule has 4 aromatic heterocycles. The first-order valence-electron chi connectivity index (χ1n) is 10.8. The number of nitrogens with one attached hydrogen (secondary N) is 1. The van der Waals surface area contributed by atoms with Gasteiger partial charge in [-0.05, 0) is 35.9 Å². The van der Waals surface area contributed by atoms with E-state index >= 15 is 0 Å².